The van der Waals surface area contributed by atoms with Gasteiger partial charge < -0.3 is 15.0 Å². The molecule has 0 bridgehead atoms. The van der Waals surface area contributed by atoms with E-state index in [1.807, 2.05) is 20.8 Å². The van der Waals surface area contributed by atoms with Gasteiger partial charge >= 0.3 is 12.3 Å². The second kappa shape index (κ2) is 8.38. The van der Waals surface area contributed by atoms with Crippen molar-refractivity contribution >= 4 is 17.8 Å². The van der Waals surface area contributed by atoms with Gasteiger partial charge in [0.05, 0.1) is 0 Å². The molecule has 2 fully saturated rings. The van der Waals surface area contributed by atoms with Crippen LogP contribution in [-0.4, -0.2) is 53.1 Å². The number of nitrogens with zero attached hydrogens (tertiary/aromatic N) is 2. The molecule has 0 atom stereocenters. The zero-order chi connectivity index (χ0) is 22.2. The number of carbonyl (C=O) groups is 2. The minimum atomic E-state index is -4.10. The third-order valence-corrected chi connectivity index (χ3v) is 6.31. The average Bonchev–Trinajstić information content (AvgIpc) is 2.95. The number of rotatable bonds is 3. The summed E-state index contributed by atoms with van der Waals surface area (Å²) in [6.45, 7) is 6.26. The van der Waals surface area contributed by atoms with Crippen LogP contribution < -0.4 is 5.32 Å². The minimum absolute atomic E-state index is 0.0895. The van der Waals surface area contributed by atoms with Gasteiger partial charge in [-0.15, -0.1) is 0 Å². The molecule has 0 unspecified atom stereocenters. The maximum atomic E-state index is 12.7. The molecule has 1 spiro atoms. The molecule has 1 saturated heterocycles. The number of hydrogen-bond donors (Lipinski definition) is 1. The number of amides is 2. The number of alkyl halides is 3. The SMILES string of the molecule is CC(C)(C)OC(=O)N1CCC2(CC1)N=C(C1CCC(CCC(F)(F)F)CC1)NC2=O. The van der Waals surface area contributed by atoms with E-state index in [1.54, 1.807) is 4.90 Å². The van der Waals surface area contributed by atoms with Crippen molar-refractivity contribution in [3.8, 4) is 0 Å². The van der Waals surface area contributed by atoms with Crippen molar-refractivity contribution < 1.29 is 27.5 Å². The molecule has 1 N–H and O–H groups in total. The van der Waals surface area contributed by atoms with Gasteiger partial charge in [-0.1, -0.05) is 0 Å². The average molecular weight is 431 g/mol. The van der Waals surface area contributed by atoms with E-state index in [0.717, 1.165) is 25.7 Å². The minimum Gasteiger partial charge on any atom is -0.444 e. The Kier molecular flexibility index (Phi) is 6.39. The number of amidine groups is 1. The highest BCUT2D eigenvalue weighted by molar-refractivity contribution is 6.09. The van der Waals surface area contributed by atoms with Crippen LogP contribution in [-0.2, 0) is 9.53 Å². The zero-order valence-corrected chi connectivity index (χ0v) is 18.0. The number of piperidine rings is 1. The second-order valence-electron chi connectivity index (χ2n) is 9.82. The molecule has 3 aliphatic rings. The van der Waals surface area contributed by atoms with Crippen LogP contribution >= 0.6 is 0 Å². The number of likely N-dealkylation sites (tertiary alicyclic amines) is 1. The van der Waals surface area contributed by atoms with E-state index in [-0.39, 0.29) is 30.3 Å². The van der Waals surface area contributed by atoms with E-state index in [4.69, 9.17) is 9.73 Å². The molecule has 2 amide bonds. The van der Waals surface area contributed by atoms with Gasteiger partial charge in [0.1, 0.15) is 17.0 Å². The molecule has 0 aromatic carbocycles. The molecule has 3 rings (SSSR count). The van der Waals surface area contributed by atoms with Crippen molar-refractivity contribution in [2.45, 2.75) is 89.5 Å². The fraction of sp³-hybridized carbons (Fsp3) is 0.857. The van der Waals surface area contributed by atoms with Crippen LogP contribution in [0.15, 0.2) is 4.99 Å². The largest absolute Gasteiger partial charge is 0.444 e. The highest BCUT2D eigenvalue weighted by Gasteiger charge is 2.48. The molecule has 2 heterocycles. The maximum Gasteiger partial charge on any atom is 0.410 e. The summed E-state index contributed by atoms with van der Waals surface area (Å²) in [5.41, 5.74) is -1.40. The van der Waals surface area contributed by atoms with Gasteiger partial charge in [-0.25, -0.2) is 4.79 Å². The Hall–Kier alpha value is -1.80. The lowest BCUT2D eigenvalue weighted by atomic mass is 9.79. The van der Waals surface area contributed by atoms with Crippen molar-refractivity contribution in [1.29, 1.82) is 0 Å². The van der Waals surface area contributed by atoms with Crippen molar-refractivity contribution in [3.05, 3.63) is 0 Å². The van der Waals surface area contributed by atoms with E-state index in [9.17, 15) is 22.8 Å². The van der Waals surface area contributed by atoms with E-state index in [1.165, 1.54) is 0 Å². The topological polar surface area (TPSA) is 71.0 Å². The Morgan fingerprint density at radius 1 is 1.17 bits per heavy atom. The van der Waals surface area contributed by atoms with E-state index >= 15 is 0 Å². The highest BCUT2D eigenvalue weighted by Crippen LogP contribution is 2.38. The Morgan fingerprint density at radius 2 is 1.77 bits per heavy atom. The first-order chi connectivity index (χ1) is 13.9. The maximum absolute atomic E-state index is 12.7. The number of halogens is 3. The Balaban J connectivity index is 1.53. The van der Waals surface area contributed by atoms with Crippen molar-refractivity contribution in [3.63, 3.8) is 0 Å². The molecule has 1 aliphatic carbocycles. The summed E-state index contributed by atoms with van der Waals surface area (Å²) in [5.74, 6) is 0.742. The Morgan fingerprint density at radius 3 is 2.30 bits per heavy atom. The van der Waals surface area contributed by atoms with Gasteiger partial charge in [0.15, 0.2) is 0 Å². The summed E-state index contributed by atoms with van der Waals surface area (Å²) < 4.78 is 42.7. The third kappa shape index (κ3) is 5.66. The summed E-state index contributed by atoms with van der Waals surface area (Å²) in [6, 6.07) is 0. The van der Waals surface area contributed by atoms with E-state index < -0.39 is 23.7 Å². The quantitative estimate of drug-likeness (QED) is 0.719. The summed E-state index contributed by atoms with van der Waals surface area (Å²) in [6.07, 6.45) is -1.16. The summed E-state index contributed by atoms with van der Waals surface area (Å²) >= 11 is 0. The van der Waals surface area contributed by atoms with Crippen molar-refractivity contribution in [2.24, 2.45) is 16.8 Å². The molecular formula is C21H32F3N3O3. The first-order valence-corrected chi connectivity index (χ1v) is 10.8. The van der Waals surface area contributed by atoms with Gasteiger partial charge in [0.25, 0.3) is 5.91 Å². The lowest BCUT2D eigenvalue weighted by molar-refractivity contribution is -0.138. The van der Waals surface area contributed by atoms with Crippen molar-refractivity contribution in [1.82, 2.24) is 10.2 Å². The summed E-state index contributed by atoms with van der Waals surface area (Å²) in [7, 11) is 0. The van der Waals surface area contributed by atoms with Crippen LogP contribution in [0.25, 0.3) is 0 Å². The zero-order valence-electron chi connectivity index (χ0n) is 18.0. The van der Waals surface area contributed by atoms with Crippen LogP contribution in [0, 0.1) is 11.8 Å². The third-order valence-electron chi connectivity index (χ3n) is 6.31. The Bertz CT molecular complexity index is 684. The monoisotopic (exact) mass is 431 g/mol. The molecule has 1 saturated carbocycles. The van der Waals surface area contributed by atoms with Gasteiger partial charge in [0.2, 0.25) is 0 Å². The first-order valence-electron chi connectivity index (χ1n) is 10.8. The Labute approximate surface area is 175 Å². The number of nitrogens with one attached hydrogen (secondary N) is 1. The van der Waals surface area contributed by atoms with Crippen LogP contribution in [0.1, 0.15) is 72.1 Å². The fourth-order valence-electron chi connectivity index (χ4n) is 4.55. The van der Waals surface area contributed by atoms with Gasteiger partial charge in [-0.05, 0) is 71.6 Å². The number of hydrogen-bond acceptors (Lipinski definition) is 4. The standard InChI is InChI=1S/C21H32F3N3O3/c1-19(2,3)30-18(29)27-12-10-20(11-13-27)17(28)25-16(26-20)15-6-4-14(5-7-15)8-9-21(22,23)24/h14-15H,4-13H2,1-3H3,(H,25,26,28). The van der Waals surface area contributed by atoms with Crippen LogP contribution in [0.4, 0.5) is 18.0 Å². The highest BCUT2D eigenvalue weighted by atomic mass is 19.4. The van der Waals surface area contributed by atoms with Gasteiger partial charge in [-0.2, -0.15) is 13.2 Å². The molecule has 170 valence electrons. The second-order valence-corrected chi connectivity index (χ2v) is 9.82. The lowest BCUT2D eigenvalue weighted by Gasteiger charge is -2.36. The predicted molar refractivity (Wildman–Crippen MR) is 106 cm³/mol. The smallest absolute Gasteiger partial charge is 0.410 e. The van der Waals surface area contributed by atoms with E-state index in [0.29, 0.717) is 31.8 Å². The molecule has 9 heteroatoms. The predicted octanol–water partition coefficient (Wildman–Crippen LogP) is 4.43. The molecule has 30 heavy (non-hydrogen) atoms. The summed E-state index contributed by atoms with van der Waals surface area (Å²) in [4.78, 5) is 31.3. The van der Waals surface area contributed by atoms with Gasteiger partial charge in [-0.3, -0.25) is 9.79 Å². The fourth-order valence-corrected chi connectivity index (χ4v) is 4.55. The molecule has 0 aromatic rings. The van der Waals surface area contributed by atoms with Crippen LogP contribution in [0.3, 0.4) is 0 Å². The lowest BCUT2D eigenvalue weighted by Crippen LogP contribution is -2.51. The number of aliphatic imine (C=N–C) groups is 1. The van der Waals surface area contributed by atoms with Crippen LogP contribution in [0.5, 0.6) is 0 Å². The molecular weight excluding hydrogens is 399 g/mol. The molecule has 0 aromatic heterocycles. The van der Waals surface area contributed by atoms with Gasteiger partial charge in [0, 0.05) is 25.4 Å². The molecule has 2 aliphatic heterocycles. The molecule has 0 radical (unpaired) electrons. The number of ether oxygens (including phenoxy) is 1. The van der Waals surface area contributed by atoms with Crippen LogP contribution in [0.2, 0.25) is 0 Å². The van der Waals surface area contributed by atoms with Crippen molar-refractivity contribution in [2.75, 3.05) is 13.1 Å². The molecule has 6 nitrogen and oxygen atoms in total. The first kappa shape index (κ1) is 22.9. The summed E-state index contributed by atoms with van der Waals surface area (Å²) in [5, 5.41) is 2.93. The number of carbonyl (C=O) groups excluding carboxylic acids is 2. The normalized spacial score (nSPS) is 27.1. The van der Waals surface area contributed by atoms with E-state index in [2.05, 4.69) is 5.32 Å².